The van der Waals surface area contributed by atoms with Crippen LogP contribution in [-0.2, 0) is 23.9 Å². The molecular weight excluding hydrogens is 402 g/mol. The topological polar surface area (TPSA) is 159 Å². The van der Waals surface area contributed by atoms with Crippen LogP contribution in [-0.4, -0.2) is 62.6 Å². The Morgan fingerprint density at radius 1 is 1.34 bits per heavy atom. The van der Waals surface area contributed by atoms with Gasteiger partial charge in [0.25, 0.3) is 5.91 Å². The first kappa shape index (κ1) is 20.7. The molecule has 0 bridgehead atoms. The van der Waals surface area contributed by atoms with Crippen LogP contribution < -0.4 is 11.1 Å². The Hall–Kier alpha value is -3.05. The van der Waals surface area contributed by atoms with E-state index in [1.54, 1.807) is 0 Å². The average Bonchev–Trinajstić information content (AvgIpc) is 2.69. The van der Waals surface area contributed by atoms with Gasteiger partial charge in [-0.05, 0) is 17.7 Å². The first-order valence-electron chi connectivity index (χ1n) is 8.59. The summed E-state index contributed by atoms with van der Waals surface area (Å²) in [5, 5.41) is 20.8. The molecule has 1 fully saturated rings. The number of carbonyl (C=O) groups is 4. The molecule has 3 rings (SSSR count). The number of phenolic OH excluding ortho intramolecular Hbond substituents is 1. The summed E-state index contributed by atoms with van der Waals surface area (Å²) in [5.41, 5.74) is 6.46. The maximum Gasteiger partial charge on any atom is 0.352 e. The van der Waals surface area contributed by atoms with E-state index in [2.05, 4.69) is 5.32 Å². The van der Waals surface area contributed by atoms with Crippen LogP contribution in [0.25, 0.3) is 0 Å². The fourth-order valence-electron chi connectivity index (χ4n) is 3.06. The van der Waals surface area contributed by atoms with Gasteiger partial charge in [-0.15, -0.1) is 11.8 Å². The largest absolute Gasteiger partial charge is 0.508 e. The van der Waals surface area contributed by atoms with Crippen LogP contribution in [0.4, 0.5) is 0 Å². The van der Waals surface area contributed by atoms with Gasteiger partial charge in [0.05, 0.1) is 0 Å². The van der Waals surface area contributed by atoms with Crippen LogP contribution in [0.3, 0.4) is 0 Å². The Morgan fingerprint density at radius 3 is 2.59 bits per heavy atom. The second-order valence-corrected chi connectivity index (χ2v) is 7.61. The normalized spacial score (nSPS) is 21.7. The lowest BCUT2D eigenvalue weighted by Crippen LogP contribution is -2.71. The second-order valence-electron chi connectivity index (χ2n) is 6.50. The summed E-state index contributed by atoms with van der Waals surface area (Å²) in [6, 6.07) is 3.81. The fourth-order valence-corrected chi connectivity index (χ4v) is 4.39. The summed E-state index contributed by atoms with van der Waals surface area (Å²) in [4.78, 5) is 48.8. The van der Waals surface area contributed by atoms with Crippen LogP contribution >= 0.6 is 11.8 Å². The van der Waals surface area contributed by atoms with Gasteiger partial charge >= 0.3 is 11.9 Å². The van der Waals surface area contributed by atoms with E-state index in [-0.39, 0.29) is 23.8 Å². The van der Waals surface area contributed by atoms with Gasteiger partial charge in [-0.1, -0.05) is 12.1 Å². The third-order valence-corrected chi connectivity index (χ3v) is 5.87. The quantitative estimate of drug-likeness (QED) is 0.357. The smallest absolute Gasteiger partial charge is 0.352 e. The molecule has 0 spiro atoms. The third kappa shape index (κ3) is 4.05. The monoisotopic (exact) mass is 421 g/mol. The van der Waals surface area contributed by atoms with Gasteiger partial charge in [-0.3, -0.25) is 19.3 Å². The summed E-state index contributed by atoms with van der Waals surface area (Å²) in [6.45, 7) is 0.987. The minimum absolute atomic E-state index is 0.0299. The number of aliphatic carboxylic acids is 1. The summed E-state index contributed by atoms with van der Waals surface area (Å²) < 4.78 is 4.87. The zero-order chi connectivity index (χ0) is 21.3. The maximum absolute atomic E-state index is 12.6. The third-order valence-electron chi connectivity index (χ3n) is 4.53. The molecule has 0 aliphatic carbocycles. The Labute approximate surface area is 169 Å². The van der Waals surface area contributed by atoms with E-state index in [1.165, 1.54) is 43.0 Å². The minimum atomic E-state index is -1.31. The van der Waals surface area contributed by atoms with E-state index in [4.69, 9.17) is 10.5 Å². The first-order valence-corrected chi connectivity index (χ1v) is 9.63. The van der Waals surface area contributed by atoms with Crippen LogP contribution in [0.1, 0.15) is 18.5 Å². The highest BCUT2D eigenvalue weighted by molar-refractivity contribution is 8.00. The van der Waals surface area contributed by atoms with Crippen LogP contribution in [0.15, 0.2) is 35.5 Å². The van der Waals surface area contributed by atoms with Gasteiger partial charge < -0.3 is 26.0 Å². The van der Waals surface area contributed by atoms with E-state index in [0.717, 1.165) is 4.90 Å². The van der Waals surface area contributed by atoms with Gasteiger partial charge in [0, 0.05) is 18.2 Å². The Morgan fingerprint density at radius 2 is 2.00 bits per heavy atom. The molecule has 0 radical (unpaired) electrons. The minimum Gasteiger partial charge on any atom is -0.508 e. The molecule has 3 atom stereocenters. The predicted octanol–water partition coefficient (Wildman–Crippen LogP) is -0.306. The van der Waals surface area contributed by atoms with E-state index < -0.39 is 41.2 Å². The number of hydrogen-bond donors (Lipinski definition) is 4. The standard InChI is InChI=1S/C18H19N3O7S/c1-8(22)28-6-10-7-29-17-13(16(25)21(17)14(10)18(26)27)20-15(24)12(19)9-2-4-11(23)5-3-9/h2-5,12-13,17,23H,6-7,19H2,1H3,(H,20,24)(H,26,27)/t12?,13?,17-/m0/s1. The number of carboxylic acid groups (broad SMARTS) is 1. The first-order chi connectivity index (χ1) is 13.7. The second kappa shape index (κ2) is 8.13. The molecule has 2 aliphatic rings. The van der Waals surface area contributed by atoms with E-state index in [0.29, 0.717) is 11.1 Å². The molecule has 0 saturated carbocycles. The number of nitrogens with one attached hydrogen (secondary N) is 1. The van der Waals surface area contributed by atoms with Gasteiger partial charge in [-0.2, -0.15) is 0 Å². The molecular formula is C18H19N3O7S. The van der Waals surface area contributed by atoms with Crippen molar-refractivity contribution in [2.45, 2.75) is 24.4 Å². The van der Waals surface area contributed by atoms with E-state index in [1.807, 2.05) is 0 Å². The Kier molecular flexibility index (Phi) is 5.80. The van der Waals surface area contributed by atoms with Crippen molar-refractivity contribution >= 4 is 35.5 Å². The molecule has 1 saturated heterocycles. The number of thioether (sulfide) groups is 1. The van der Waals surface area contributed by atoms with Crippen LogP contribution in [0, 0.1) is 0 Å². The number of aromatic hydroxyl groups is 1. The lowest BCUT2D eigenvalue weighted by molar-refractivity contribution is -0.151. The van der Waals surface area contributed by atoms with Crippen LogP contribution in [0.2, 0.25) is 0 Å². The zero-order valence-electron chi connectivity index (χ0n) is 15.3. The number of rotatable bonds is 6. The number of esters is 1. The van der Waals surface area contributed by atoms with Crippen molar-refractivity contribution in [3.8, 4) is 5.75 Å². The number of fused-ring (bicyclic) bond motifs is 1. The molecule has 2 amide bonds. The van der Waals surface area contributed by atoms with Gasteiger partial charge in [0.2, 0.25) is 5.91 Å². The number of ether oxygens (including phenoxy) is 1. The number of nitrogens with two attached hydrogens (primary N) is 1. The van der Waals surface area contributed by atoms with Crippen molar-refractivity contribution in [1.82, 2.24) is 10.2 Å². The number of hydrogen-bond acceptors (Lipinski definition) is 8. The number of carbonyl (C=O) groups excluding carboxylic acids is 3. The zero-order valence-corrected chi connectivity index (χ0v) is 16.1. The van der Waals surface area contributed by atoms with Crippen molar-refractivity contribution in [1.29, 1.82) is 0 Å². The number of phenols is 1. The molecule has 2 aliphatic heterocycles. The molecule has 5 N–H and O–H groups in total. The predicted molar refractivity (Wildman–Crippen MR) is 101 cm³/mol. The molecule has 1 aromatic carbocycles. The lowest BCUT2D eigenvalue weighted by atomic mass is 10.0. The Balaban J connectivity index is 1.71. The van der Waals surface area contributed by atoms with Crippen molar-refractivity contribution in [2.75, 3.05) is 12.4 Å². The summed E-state index contributed by atoms with van der Waals surface area (Å²) in [5.74, 6) is -2.77. The molecule has 29 heavy (non-hydrogen) atoms. The summed E-state index contributed by atoms with van der Waals surface area (Å²) in [6.07, 6.45) is 0. The highest BCUT2D eigenvalue weighted by Gasteiger charge is 2.54. The number of amides is 2. The maximum atomic E-state index is 12.6. The lowest BCUT2D eigenvalue weighted by Gasteiger charge is -2.49. The van der Waals surface area contributed by atoms with Crippen molar-refractivity contribution in [3.05, 3.63) is 41.1 Å². The molecule has 10 nitrogen and oxygen atoms in total. The number of benzene rings is 1. The molecule has 2 heterocycles. The molecule has 1 aromatic rings. The van der Waals surface area contributed by atoms with E-state index >= 15 is 0 Å². The van der Waals surface area contributed by atoms with Crippen LogP contribution in [0.5, 0.6) is 5.75 Å². The average molecular weight is 421 g/mol. The Bertz CT molecular complexity index is 899. The molecule has 2 unspecified atom stereocenters. The fraction of sp³-hybridized carbons (Fsp3) is 0.333. The summed E-state index contributed by atoms with van der Waals surface area (Å²) in [7, 11) is 0. The van der Waals surface area contributed by atoms with Crippen molar-refractivity contribution < 1.29 is 34.1 Å². The van der Waals surface area contributed by atoms with Gasteiger partial charge in [0.1, 0.15) is 35.5 Å². The summed E-state index contributed by atoms with van der Waals surface area (Å²) >= 11 is 1.26. The van der Waals surface area contributed by atoms with Gasteiger partial charge in [-0.25, -0.2) is 4.79 Å². The van der Waals surface area contributed by atoms with Gasteiger partial charge in [0.15, 0.2) is 0 Å². The van der Waals surface area contributed by atoms with E-state index in [9.17, 15) is 29.4 Å². The highest BCUT2D eigenvalue weighted by Crippen LogP contribution is 2.40. The SMILES string of the molecule is CC(=O)OCC1=C(C(=O)O)N2C(=O)C(NC(=O)C(N)c3ccc(O)cc3)[C@@H]2SC1. The van der Waals surface area contributed by atoms with Crippen molar-refractivity contribution in [3.63, 3.8) is 0 Å². The highest BCUT2D eigenvalue weighted by atomic mass is 32.2. The molecule has 154 valence electrons. The van der Waals surface area contributed by atoms with Crippen molar-refractivity contribution in [2.24, 2.45) is 5.73 Å². The number of nitrogens with zero attached hydrogens (tertiary/aromatic N) is 1. The number of β-lactam (4-membered cyclic amide) rings is 1. The number of carboxylic acids is 1. The molecule has 0 aromatic heterocycles. The molecule has 11 heteroatoms.